The van der Waals surface area contributed by atoms with E-state index in [-0.39, 0.29) is 23.4 Å². The molecule has 24 heavy (non-hydrogen) atoms. The molecule has 1 aliphatic rings. The first kappa shape index (κ1) is 17.1. The van der Waals surface area contributed by atoms with Crippen molar-refractivity contribution in [2.45, 2.75) is 26.4 Å². The highest BCUT2D eigenvalue weighted by Gasteiger charge is 2.27. The number of hydrogen-bond acceptors (Lipinski definition) is 6. The number of amides is 1. The van der Waals surface area contributed by atoms with Gasteiger partial charge in [-0.25, -0.2) is 4.98 Å². The summed E-state index contributed by atoms with van der Waals surface area (Å²) in [7, 11) is 0. The molecule has 2 aromatic heterocycles. The van der Waals surface area contributed by atoms with Crippen LogP contribution < -0.4 is 10.9 Å². The Hall–Kier alpha value is -1.77. The average molecular weight is 350 g/mol. The summed E-state index contributed by atoms with van der Waals surface area (Å²) in [6.45, 7) is 6.85. The molecule has 0 aromatic carbocycles. The number of morpholine rings is 1. The van der Waals surface area contributed by atoms with Crippen molar-refractivity contribution < 1.29 is 9.53 Å². The van der Waals surface area contributed by atoms with Gasteiger partial charge in [0, 0.05) is 37.3 Å². The molecule has 8 heteroatoms. The molecule has 1 atom stereocenters. The van der Waals surface area contributed by atoms with E-state index in [2.05, 4.69) is 10.3 Å². The molecule has 130 valence electrons. The molecule has 0 radical (unpaired) electrons. The van der Waals surface area contributed by atoms with E-state index in [4.69, 9.17) is 4.74 Å². The smallest absolute Gasteiger partial charge is 0.258 e. The topological polar surface area (TPSA) is 75.9 Å². The van der Waals surface area contributed by atoms with Gasteiger partial charge in [-0.1, -0.05) is 13.8 Å². The second-order valence-corrected chi connectivity index (χ2v) is 7.05. The largest absolute Gasteiger partial charge is 0.378 e. The molecule has 1 unspecified atom stereocenters. The van der Waals surface area contributed by atoms with Crippen LogP contribution in [0.3, 0.4) is 0 Å². The van der Waals surface area contributed by atoms with Crippen molar-refractivity contribution in [3.63, 3.8) is 0 Å². The predicted molar refractivity (Wildman–Crippen MR) is 92.2 cm³/mol. The van der Waals surface area contributed by atoms with Gasteiger partial charge in [0.2, 0.25) is 5.91 Å². The van der Waals surface area contributed by atoms with Crippen molar-refractivity contribution in [1.82, 2.24) is 19.6 Å². The van der Waals surface area contributed by atoms with E-state index in [1.54, 1.807) is 6.20 Å². The molecule has 1 amide bonds. The van der Waals surface area contributed by atoms with E-state index in [9.17, 15) is 9.59 Å². The van der Waals surface area contributed by atoms with Crippen LogP contribution in [0.1, 0.15) is 19.5 Å². The fourth-order valence-corrected chi connectivity index (χ4v) is 3.52. The van der Waals surface area contributed by atoms with Gasteiger partial charge in [0.05, 0.1) is 24.9 Å². The zero-order valence-electron chi connectivity index (χ0n) is 13.9. The first-order chi connectivity index (χ1) is 11.6. The fourth-order valence-electron chi connectivity index (χ4n) is 2.78. The molecule has 2 aromatic rings. The third-order valence-corrected chi connectivity index (χ3v) is 4.87. The monoisotopic (exact) mass is 350 g/mol. The summed E-state index contributed by atoms with van der Waals surface area (Å²) in [4.78, 5) is 31.7. The lowest BCUT2D eigenvalue weighted by atomic mass is 10.0. The molecule has 1 fully saturated rings. The van der Waals surface area contributed by atoms with Crippen molar-refractivity contribution in [3.8, 4) is 0 Å². The second kappa shape index (κ2) is 7.42. The number of fused-ring (bicyclic) bond motifs is 1. The number of carbonyl (C=O) groups is 1. The maximum atomic E-state index is 12.7. The van der Waals surface area contributed by atoms with Gasteiger partial charge in [-0.2, -0.15) is 0 Å². The van der Waals surface area contributed by atoms with Gasteiger partial charge in [-0.05, 0) is 5.92 Å². The number of hydrogen-bond donors (Lipinski definition) is 1. The van der Waals surface area contributed by atoms with E-state index in [0.717, 1.165) is 0 Å². The lowest BCUT2D eigenvalue weighted by molar-refractivity contribution is -0.138. The predicted octanol–water partition coefficient (Wildman–Crippen LogP) is 0.729. The number of ether oxygens (including phenoxy) is 1. The normalized spacial score (nSPS) is 16.7. The first-order valence-corrected chi connectivity index (χ1v) is 9.00. The van der Waals surface area contributed by atoms with E-state index in [0.29, 0.717) is 43.5 Å². The maximum Gasteiger partial charge on any atom is 0.258 e. The van der Waals surface area contributed by atoms with Crippen molar-refractivity contribution in [2.75, 3.05) is 26.3 Å². The van der Waals surface area contributed by atoms with E-state index >= 15 is 0 Å². The van der Waals surface area contributed by atoms with Crippen LogP contribution in [0.4, 0.5) is 0 Å². The van der Waals surface area contributed by atoms with Crippen molar-refractivity contribution in [1.29, 1.82) is 0 Å². The van der Waals surface area contributed by atoms with Gasteiger partial charge >= 0.3 is 0 Å². The molecule has 0 bridgehead atoms. The Morgan fingerprint density at radius 3 is 2.88 bits per heavy atom. The Balaban J connectivity index is 1.70. The number of nitrogens with zero attached hydrogens (tertiary/aromatic N) is 3. The standard InChI is InChI=1S/C16H22N4O3S/c1-11(2)14(15(22)19-3-6-23-7-4-19)17-10-12-9-13(21)20-5-8-24-16(20)18-12/h5,8-9,11,14,17H,3-4,6-7,10H2,1-2H3. The van der Waals surface area contributed by atoms with Gasteiger partial charge < -0.3 is 9.64 Å². The van der Waals surface area contributed by atoms with E-state index in [1.807, 2.05) is 24.1 Å². The summed E-state index contributed by atoms with van der Waals surface area (Å²) >= 11 is 1.42. The molecule has 3 heterocycles. The third kappa shape index (κ3) is 3.66. The molecular weight excluding hydrogens is 328 g/mol. The Bertz CT molecular complexity index is 764. The van der Waals surface area contributed by atoms with Crippen LogP contribution in [0.15, 0.2) is 22.4 Å². The maximum absolute atomic E-state index is 12.7. The zero-order valence-corrected chi connectivity index (χ0v) is 14.7. The summed E-state index contributed by atoms with van der Waals surface area (Å²) in [6.07, 6.45) is 1.71. The second-order valence-electron chi connectivity index (χ2n) is 6.18. The first-order valence-electron chi connectivity index (χ1n) is 8.12. The number of aromatic nitrogens is 2. The number of thiazole rings is 1. The van der Waals surface area contributed by atoms with Gasteiger partial charge in [0.1, 0.15) is 0 Å². The van der Waals surface area contributed by atoms with Crippen LogP contribution in [-0.2, 0) is 16.1 Å². The van der Waals surface area contributed by atoms with E-state index < -0.39 is 0 Å². The Morgan fingerprint density at radius 1 is 1.42 bits per heavy atom. The highest BCUT2D eigenvalue weighted by atomic mass is 32.1. The summed E-state index contributed by atoms with van der Waals surface area (Å²) < 4.78 is 6.83. The quantitative estimate of drug-likeness (QED) is 0.860. The summed E-state index contributed by atoms with van der Waals surface area (Å²) in [5.41, 5.74) is 0.557. The van der Waals surface area contributed by atoms with Crippen LogP contribution in [0, 0.1) is 5.92 Å². The Morgan fingerprint density at radius 2 is 2.17 bits per heavy atom. The van der Waals surface area contributed by atoms with Gasteiger partial charge in [0.15, 0.2) is 4.96 Å². The third-order valence-electron chi connectivity index (χ3n) is 4.11. The van der Waals surface area contributed by atoms with Gasteiger partial charge in [-0.3, -0.25) is 19.3 Å². The van der Waals surface area contributed by atoms with Crippen molar-refractivity contribution >= 4 is 22.2 Å². The number of nitrogens with one attached hydrogen (secondary N) is 1. The van der Waals surface area contributed by atoms with Crippen LogP contribution in [0.25, 0.3) is 4.96 Å². The molecular formula is C16H22N4O3S. The Kier molecular flexibility index (Phi) is 5.27. The Labute approximate surface area is 144 Å². The van der Waals surface area contributed by atoms with Crippen molar-refractivity contribution in [2.24, 2.45) is 5.92 Å². The molecule has 1 aliphatic heterocycles. The molecule has 7 nitrogen and oxygen atoms in total. The number of carbonyl (C=O) groups excluding carboxylic acids is 1. The van der Waals surface area contributed by atoms with Crippen LogP contribution in [-0.4, -0.2) is 52.5 Å². The van der Waals surface area contributed by atoms with Crippen LogP contribution >= 0.6 is 11.3 Å². The minimum Gasteiger partial charge on any atom is -0.378 e. The number of rotatable bonds is 5. The van der Waals surface area contributed by atoms with Gasteiger partial charge in [-0.15, -0.1) is 11.3 Å². The molecule has 1 N–H and O–H groups in total. The lowest BCUT2D eigenvalue weighted by Crippen LogP contribution is -2.52. The molecule has 0 aliphatic carbocycles. The summed E-state index contributed by atoms with van der Waals surface area (Å²) in [5.74, 6) is 0.231. The molecule has 1 saturated heterocycles. The lowest BCUT2D eigenvalue weighted by Gasteiger charge is -2.32. The van der Waals surface area contributed by atoms with Crippen LogP contribution in [0.2, 0.25) is 0 Å². The SMILES string of the molecule is CC(C)C(NCc1cc(=O)n2ccsc2n1)C(=O)N1CCOCC1. The summed E-state index contributed by atoms with van der Waals surface area (Å²) in [5, 5.41) is 5.11. The fraction of sp³-hybridized carbons (Fsp3) is 0.562. The minimum atomic E-state index is -0.299. The molecule has 0 saturated carbocycles. The van der Waals surface area contributed by atoms with Crippen molar-refractivity contribution in [3.05, 3.63) is 33.7 Å². The molecule has 3 rings (SSSR count). The highest BCUT2D eigenvalue weighted by Crippen LogP contribution is 2.10. The van der Waals surface area contributed by atoms with E-state index in [1.165, 1.54) is 21.8 Å². The van der Waals surface area contributed by atoms with Crippen LogP contribution in [0.5, 0.6) is 0 Å². The van der Waals surface area contributed by atoms with Gasteiger partial charge in [0.25, 0.3) is 5.56 Å². The molecule has 0 spiro atoms. The minimum absolute atomic E-state index is 0.0854. The zero-order chi connectivity index (χ0) is 17.1. The summed E-state index contributed by atoms with van der Waals surface area (Å²) in [6, 6.07) is 1.22. The average Bonchev–Trinajstić information content (AvgIpc) is 3.04. The highest BCUT2D eigenvalue weighted by molar-refractivity contribution is 7.15.